The van der Waals surface area contributed by atoms with E-state index in [1.165, 1.54) is 12.1 Å². The molecule has 0 bridgehead atoms. The summed E-state index contributed by atoms with van der Waals surface area (Å²) < 4.78 is 24.2. The van der Waals surface area contributed by atoms with Gasteiger partial charge in [0.2, 0.25) is 5.82 Å². The molecular weight excluding hydrogens is 401 g/mol. The summed E-state index contributed by atoms with van der Waals surface area (Å²) in [5.74, 6) is 2.18. The SMILES string of the molecule is CN=C(NCc1nc(-c2ccco2)n[nH]1)NCC(c1ccc(F)cc1)N1CCOCC1. The minimum atomic E-state index is -0.240. The molecule has 3 aromatic rings. The number of aromatic nitrogens is 3. The van der Waals surface area contributed by atoms with Gasteiger partial charge in [-0.05, 0) is 29.8 Å². The topological polar surface area (TPSA) is 104 Å². The third-order valence-corrected chi connectivity index (χ3v) is 5.12. The van der Waals surface area contributed by atoms with Crippen molar-refractivity contribution < 1.29 is 13.5 Å². The molecule has 1 aliphatic heterocycles. The Morgan fingerprint density at radius 3 is 2.74 bits per heavy atom. The van der Waals surface area contributed by atoms with E-state index in [-0.39, 0.29) is 11.9 Å². The molecule has 1 aromatic carbocycles. The fraction of sp³-hybridized carbons (Fsp3) is 0.381. The predicted molar refractivity (Wildman–Crippen MR) is 114 cm³/mol. The van der Waals surface area contributed by atoms with Crippen molar-refractivity contribution in [3.8, 4) is 11.6 Å². The number of hydrogen-bond acceptors (Lipinski definition) is 6. The number of guanidine groups is 1. The fourth-order valence-electron chi connectivity index (χ4n) is 3.50. The molecule has 0 spiro atoms. The number of H-pyrrole nitrogens is 1. The lowest BCUT2D eigenvalue weighted by atomic mass is 10.0. The van der Waals surface area contributed by atoms with Crippen molar-refractivity contribution in [2.75, 3.05) is 39.9 Å². The zero-order valence-electron chi connectivity index (χ0n) is 17.3. The number of halogens is 1. The number of nitrogens with zero attached hydrogens (tertiary/aromatic N) is 4. The van der Waals surface area contributed by atoms with E-state index in [9.17, 15) is 4.39 Å². The second kappa shape index (κ2) is 10.2. The number of benzene rings is 1. The summed E-state index contributed by atoms with van der Waals surface area (Å²) >= 11 is 0. The third kappa shape index (κ3) is 5.47. The number of rotatable bonds is 7. The maximum Gasteiger partial charge on any atom is 0.216 e. The van der Waals surface area contributed by atoms with E-state index in [2.05, 4.69) is 35.7 Å². The first-order valence-corrected chi connectivity index (χ1v) is 10.2. The molecule has 164 valence electrons. The van der Waals surface area contributed by atoms with Crippen molar-refractivity contribution >= 4 is 5.96 Å². The molecule has 10 heteroatoms. The molecule has 1 unspecified atom stereocenters. The Kier molecular flexibility index (Phi) is 6.90. The van der Waals surface area contributed by atoms with Crippen LogP contribution in [0.5, 0.6) is 0 Å². The van der Waals surface area contributed by atoms with Gasteiger partial charge in [0.15, 0.2) is 11.7 Å². The second-order valence-electron chi connectivity index (χ2n) is 7.11. The molecule has 1 fully saturated rings. The van der Waals surface area contributed by atoms with Gasteiger partial charge in [0, 0.05) is 26.7 Å². The van der Waals surface area contributed by atoms with Gasteiger partial charge in [0.25, 0.3) is 0 Å². The fourth-order valence-corrected chi connectivity index (χ4v) is 3.50. The summed E-state index contributed by atoms with van der Waals surface area (Å²) in [6.45, 7) is 4.06. The van der Waals surface area contributed by atoms with Crippen molar-refractivity contribution in [1.82, 2.24) is 30.7 Å². The van der Waals surface area contributed by atoms with Crippen LogP contribution in [0.3, 0.4) is 0 Å². The number of aromatic amines is 1. The minimum absolute atomic E-state index is 0.0684. The van der Waals surface area contributed by atoms with Crippen LogP contribution in [0.2, 0.25) is 0 Å². The van der Waals surface area contributed by atoms with Crippen LogP contribution >= 0.6 is 0 Å². The first-order chi connectivity index (χ1) is 15.2. The number of hydrogen-bond donors (Lipinski definition) is 3. The Bertz CT molecular complexity index is 966. The molecule has 0 radical (unpaired) electrons. The van der Waals surface area contributed by atoms with Gasteiger partial charge in [0.1, 0.15) is 11.6 Å². The summed E-state index contributed by atoms with van der Waals surface area (Å²) in [7, 11) is 1.71. The van der Waals surface area contributed by atoms with Crippen LogP contribution < -0.4 is 10.6 Å². The number of nitrogens with one attached hydrogen (secondary N) is 3. The highest BCUT2D eigenvalue weighted by atomic mass is 19.1. The largest absolute Gasteiger partial charge is 0.461 e. The molecular formula is C21H26FN7O2. The zero-order chi connectivity index (χ0) is 21.5. The van der Waals surface area contributed by atoms with E-state index in [4.69, 9.17) is 9.15 Å². The van der Waals surface area contributed by atoms with Crippen LogP contribution in [-0.4, -0.2) is 65.9 Å². The van der Waals surface area contributed by atoms with Crippen molar-refractivity contribution in [3.05, 3.63) is 59.9 Å². The molecule has 9 nitrogen and oxygen atoms in total. The monoisotopic (exact) mass is 427 g/mol. The number of aliphatic imine (C=N–C) groups is 1. The van der Waals surface area contributed by atoms with E-state index in [0.29, 0.717) is 49.7 Å². The number of morpholine rings is 1. The lowest BCUT2D eigenvalue weighted by Gasteiger charge is -2.35. The second-order valence-corrected chi connectivity index (χ2v) is 7.11. The number of furan rings is 1. The Morgan fingerprint density at radius 2 is 2.03 bits per heavy atom. The molecule has 1 saturated heterocycles. The van der Waals surface area contributed by atoms with Crippen LogP contribution in [0.4, 0.5) is 4.39 Å². The van der Waals surface area contributed by atoms with Gasteiger partial charge in [-0.3, -0.25) is 15.0 Å². The van der Waals surface area contributed by atoms with Gasteiger partial charge in [-0.25, -0.2) is 9.37 Å². The Morgan fingerprint density at radius 1 is 1.23 bits per heavy atom. The van der Waals surface area contributed by atoms with E-state index in [1.54, 1.807) is 19.4 Å². The van der Waals surface area contributed by atoms with E-state index < -0.39 is 0 Å². The Hall–Kier alpha value is -3.24. The molecule has 31 heavy (non-hydrogen) atoms. The molecule has 1 aliphatic rings. The summed E-state index contributed by atoms with van der Waals surface area (Å²) in [5, 5.41) is 13.7. The predicted octanol–water partition coefficient (Wildman–Crippen LogP) is 1.94. The lowest BCUT2D eigenvalue weighted by molar-refractivity contribution is 0.0170. The van der Waals surface area contributed by atoms with Crippen molar-refractivity contribution in [1.29, 1.82) is 0 Å². The van der Waals surface area contributed by atoms with Gasteiger partial charge >= 0.3 is 0 Å². The molecule has 3 heterocycles. The molecule has 0 saturated carbocycles. The third-order valence-electron chi connectivity index (χ3n) is 5.12. The lowest BCUT2D eigenvalue weighted by Crippen LogP contribution is -2.46. The van der Waals surface area contributed by atoms with Crippen molar-refractivity contribution in [3.63, 3.8) is 0 Å². The quantitative estimate of drug-likeness (QED) is 0.391. The van der Waals surface area contributed by atoms with Crippen LogP contribution in [0.1, 0.15) is 17.4 Å². The van der Waals surface area contributed by atoms with Gasteiger partial charge in [-0.1, -0.05) is 12.1 Å². The van der Waals surface area contributed by atoms with Gasteiger partial charge in [-0.15, -0.1) is 5.10 Å². The van der Waals surface area contributed by atoms with Crippen LogP contribution in [0, 0.1) is 5.82 Å². The number of ether oxygens (including phenoxy) is 1. The molecule has 1 atom stereocenters. The van der Waals surface area contributed by atoms with E-state index >= 15 is 0 Å². The van der Waals surface area contributed by atoms with Crippen LogP contribution in [0.25, 0.3) is 11.6 Å². The van der Waals surface area contributed by atoms with Crippen LogP contribution in [-0.2, 0) is 11.3 Å². The van der Waals surface area contributed by atoms with E-state index in [1.807, 2.05) is 18.2 Å². The highest BCUT2D eigenvalue weighted by Gasteiger charge is 2.23. The Labute approximate surface area is 179 Å². The molecule has 0 amide bonds. The average molecular weight is 427 g/mol. The first kappa shape index (κ1) is 21.0. The van der Waals surface area contributed by atoms with Crippen molar-refractivity contribution in [2.24, 2.45) is 4.99 Å². The van der Waals surface area contributed by atoms with Gasteiger partial charge in [-0.2, -0.15) is 0 Å². The maximum absolute atomic E-state index is 13.4. The first-order valence-electron chi connectivity index (χ1n) is 10.2. The summed E-state index contributed by atoms with van der Waals surface area (Å²) in [4.78, 5) is 11.1. The van der Waals surface area contributed by atoms with Crippen LogP contribution in [0.15, 0.2) is 52.1 Å². The summed E-state index contributed by atoms with van der Waals surface area (Å²) in [5.41, 5.74) is 1.05. The molecule has 0 aliphatic carbocycles. The van der Waals surface area contributed by atoms with Gasteiger partial charge in [0.05, 0.1) is 32.1 Å². The Balaban J connectivity index is 1.36. The summed E-state index contributed by atoms with van der Waals surface area (Å²) in [6, 6.07) is 10.3. The highest BCUT2D eigenvalue weighted by Crippen LogP contribution is 2.21. The molecule has 3 N–H and O–H groups in total. The summed E-state index contributed by atoms with van der Waals surface area (Å²) in [6.07, 6.45) is 1.58. The smallest absolute Gasteiger partial charge is 0.216 e. The van der Waals surface area contributed by atoms with Gasteiger partial charge < -0.3 is 19.8 Å². The molecule has 2 aromatic heterocycles. The maximum atomic E-state index is 13.4. The average Bonchev–Trinajstić information content (AvgIpc) is 3.50. The minimum Gasteiger partial charge on any atom is -0.461 e. The van der Waals surface area contributed by atoms with E-state index in [0.717, 1.165) is 18.7 Å². The normalized spacial score (nSPS) is 16.3. The zero-order valence-corrected chi connectivity index (χ0v) is 17.3. The highest BCUT2D eigenvalue weighted by molar-refractivity contribution is 5.79. The standard InChI is InChI=1S/C21H26FN7O2/c1-23-21(25-14-19-26-20(28-27-19)18-3-2-10-31-18)24-13-17(29-8-11-30-12-9-29)15-4-6-16(22)7-5-15/h2-7,10,17H,8-9,11-14H2,1H3,(H2,23,24,25)(H,26,27,28). The van der Waals surface area contributed by atoms with Crippen molar-refractivity contribution in [2.45, 2.75) is 12.6 Å². The molecule has 4 rings (SSSR count).